The van der Waals surface area contributed by atoms with E-state index in [0.717, 1.165) is 30.2 Å². The highest BCUT2D eigenvalue weighted by Crippen LogP contribution is 2.28. The van der Waals surface area contributed by atoms with Gasteiger partial charge in [-0.15, -0.1) is 0 Å². The lowest BCUT2D eigenvalue weighted by Crippen LogP contribution is -2.04. The summed E-state index contributed by atoms with van der Waals surface area (Å²) in [5, 5.41) is 6.84. The second-order valence-corrected chi connectivity index (χ2v) is 8.00. The van der Waals surface area contributed by atoms with Crippen molar-refractivity contribution in [2.45, 2.75) is 6.61 Å². The van der Waals surface area contributed by atoms with Gasteiger partial charge in [-0.1, -0.05) is 30.3 Å². The van der Waals surface area contributed by atoms with Gasteiger partial charge in [-0.25, -0.2) is 14.8 Å². The first-order valence-corrected chi connectivity index (χ1v) is 10.4. The Morgan fingerprint density at radius 2 is 2.00 bits per heavy atom. The molecule has 6 nitrogen and oxygen atoms in total. The van der Waals surface area contributed by atoms with Gasteiger partial charge in [-0.2, -0.15) is 10.1 Å². The summed E-state index contributed by atoms with van der Waals surface area (Å²) >= 11 is 4.49. The fraction of sp³-hybridized carbons (Fsp3) is 0.105. The SMILES string of the molecule is CNc1nc(N/N=C/c2cc(I)cc(I)c2OCc2ccccc2)ncc1F. The number of hydrogen-bond acceptors (Lipinski definition) is 6. The molecule has 0 aliphatic rings. The molecular weight excluding hydrogens is 587 g/mol. The van der Waals surface area contributed by atoms with Crippen molar-refractivity contribution < 1.29 is 9.13 Å². The molecule has 0 saturated heterocycles. The minimum Gasteiger partial charge on any atom is -0.487 e. The first kappa shape index (κ1) is 20.7. The third-order valence-corrected chi connectivity index (χ3v) is 5.04. The van der Waals surface area contributed by atoms with E-state index in [-0.39, 0.29) is 11.8 Å². The topological polar surface area (TPSA) is 71.4 Å². The third kappa shape index (κ3) is 5.50. The molecule has 9 heteroatoms. The Morgan fingerprint density at radius 1 is 1.21 bits per heavy atom. The van der Waals surface area contributed by atoms with E-state index < -0.39 is 5.82 Å². The third-order valence-electron chi connectivity index (χ3n) is 3.61. The van der Waals surface area contributed by atoms with Crippen LogP contribution in [0.3, 0.4) is 0 Å². The van der Waals surface area contributed by atoms with E-state index in [4.69, 9.17) is 4.74 Å². The zero-order valence-corrected chi connectivity index (χ0v) is 19.1. The van der Waals surface area contributed by atoms with Crippen LogP contribution in [0.5, 0.6) is 5.75 Å². The molecule has 2 aromatic carbocycles. The monoisotopic (exact) mass is 603 g/mol. The normalized spacial score (nSPS) is 10.9. The smallest absolute Gasteiger partial charge is 0.245 e. The molecule has 0 atom stereocenters. The standard InChI is InChI=1S/C19H16FI2N5O/c1-23-18-15(20)10-24-19(26-18)27-25-9-13-7-14(21)8-16(22)17(13)28-11-12-5-3-2-4-6-12/h2-10H,11H2,1H3,(H2,23,24,26,27)/b25-9+. The molecule has 2 N–H and O–H groups in total. The van der Waals surface area contributed by atoms with Crippen molar-refractivity contribution in [3.8, 4) is 5.75 Å². The second kappa shape index (κ2) is 9.96. The largest absolute Gasteiger partial charge is 0.487 e. The molecule has 0 saturated carbocycles. The molecule has 0 aliphatic carbocycles. The lowest BCUT2D eigenvalue weighted by Gasteiger charge is -2.12. The highest BCUT2D eigenvalue weighted by Gasteiger charge is 2.10. The number of aromatic nitrogens is 2. The fourth-order valence-corrected chi connectivity index (χ4v) is 4.36. The van der Waals surface area contributed by atoms with Crippen molar-refractivity contribution in [3.05, 3.63) is 72.7 Å². The number of nitrogens with zero attached hydrogens (tertiary/aromatic N) is 3. The number of anilines is 2. The molecule has 0 fully saturated rings. The van der Waals surface area contributed by atoms with Crippen LogP contribution >= 0.6 is 45.2 Å². The Bertz CT molecular complexity index is 986. The van der Waals surface area contributed by atoms with E-state index in [9.17, 15) is 4.39 Å². The number of ether oxygens (including phenoxy) is 1. The van der Waals surface area contributed by atoms with Gasteiger partial charge in [-0.3, -0.25) is 0 Å². The number of rotatable bonds is 7. The summed E-state index contributed by atoms with van der Waals surface area (Å²) < 4.78 is 21.5. The average Bonchev–Trinajstić information content (AvgIpc) is 2.69. The molecule has 0 bridgehead atoms. The highest BCUT2D eigenvalue weighted by atomic mass is 127. The van der Waals surface area contributed by atoms with E-state index in [1.54, 1.807) is 13.3 Å². The van der Waals surface area contributed by atoms with Crippen molar-refractivity contribution in [2.75, 3.05) is 17.8 Å². The Kier molecular flexibility index (Phi) is 7.36. The fourth-order valence-electron chi connectivity index (χ4n) is 2.31. The first-order chi connectivity index (χ1) is 13.6. The van der Waals surface area contributed by atoms with E-state index in [1.807, 2.05) is 42.5 Å². The van der Waals surface area contributed by atoms with Crippen LogP contribution in [0.2, 0.25) is 0 Å². The van der Waals surface area contributed by atoms with Crippen molar-refractivity contribution in [2.24, 2.45) is 5.10 Å². The molecule has 0 aliphatic heterocycles. The molecule has 0 radical (unpaired) electrons. The molecule has 3 rings (SSSR count). The Morgan fingerprint density at radius 3 is 2.75 bits per heavy atom. The van der Waals surface area contributed by atoms with Crippen LogP contribution in [0.1, 0.15) is 11.1 Å². The Balaban J connectivity index is 1.77. The molecule has 3 aromatic rings. The molecular formula is C19H16FI2N5O. The molecule has 144 valence electrons. The van der Waals surface area contributed by atoms with Crippen molar-refractivity contribution in [1.82, 2.24) is 9.97 Å². The van der Waals surface area contributed by atoms with E-state index >= 15 is 0 Å². The van der Waals surface area contributed by atoms with Crippen LogP contribution < -0.4 is 15.5 Å². The van der Waals surface area contributed by atoms with Crippen LogP contribution in [0.4, 0.5) is 16.2 Å². The Labute approximate surface area is 189 Å². The summed E-state index contributed by atoms with van der Waals surface area (Å²) in [4.78, 5) is 7.87. The van der Waals surface area contributed by atoms with Crippen LogP contribution in [-0.2, 0) is 6.61 Å². The summed E-state index contributed by atoms with van der Waals surface area (Å²) in [6, 6.07) is 14.0. The number of nitrogens with one attached hydrogen (secondary N) is 2. The van der Waals surface area contributed by atoms with Gasteiger partial charge >= 0.3 is 0 Å². The van der Waals surface area contributed by atoms with Crippen molar-refractivity contribution >= 4 is 63.2 Å². The molecule has 0 unspecified atom stereocenters. The summed E-state index contributed by atoms with van der Waals surface area (Å²) in [7, 11) is 1.59. The predicted octanol–water partition coefficient (Wildman–Crippen LogP) is 4.89. The zero-order valence-electron chi connectivity index (χ0n) is 14.8. The maximum absolute atomic E-state index is 13.5. The highest BCUT2D eigenvalue weighted by molar-refractivity contribution is 14.1. The van der Waals surface area contributed by atoms with Gasteiger partial charge in [0.15, 0.2) is 11.6 Å². The van der Waals surface area contributed by atoms with Gasteiger partial charge in [-0.05, 0) is 62.9 Å². The summed E-state index contributed by atoms with van der Waals surface area (Å²) in [5.74, 6) is 0.504. The lowest BCUT2D eigenvalue weighted by atomic mass is 10.2. The van der Waals surface area contributed by atoms with Gasteiger partial charge in [0.2, 0.25) is 5.95 Å². The predicted molar refractivity (Wildman–Crippen MR) is 125 cm³/mol. The zero-order chi connectivity index (χ0) is 19.9. The minimum atomic E-state index is -0.527. The van der Waals surface area contributed by atoms with Gasteiger partial charge < -0.3 is 10.1 Å². The van der Waals surface area contributed by atoms with Crippen molar-refractivity contribution in [3.63, 3.8) is 0 Å². The van der Waals surface area contributed by atoms with Crippen LogP contribution in [0, 0.1) is 13.0 Å². The maximum atomic E-state index is 13.5. The molecule has 0 spiro atoms. The Hall–Kier alpha value is -2.02. The quantitative estimate of drug-likeness (QED) is 0.229. The number of hydrogen-bond donors (Lipinski definition) is 2. The van der Waals surface area contributed by atoms with Crippen LogP contribution in [0.15, 0.2) is 53.8 Å². The number of benzene rings is 2. The van der Waals surface area contributed by atoms with Gasteiger partial charge in [0.05, 0.1) is 16.0 Å². The average molecular weight is 603 g/mol. The summed E-state index contributed by atoms with van der Waals surface area (Å²) in [5.41, 5.74) is 4.61. The summed E-state index contributed by atoms with van der Waals surface area (Å²) in [6.07, 6.45) is 2.72. The first-order valence-electron chi connectivity index (χ1n) is 8.22. The lowest BCUT2D eigenvalue weighted by molar-refractivity contribution is 0.303. The van der Waals surface area contributed by atoms with E-state index in [1.165, 1.54) is 0 Å². The molecule has 1 aromatic heterocycles. The maximum Gasteiger partial charge on any atom is 0.245 e. The van der Waals surface area contributed by atoms with Crippen LogP contribution in [-0.4, -0.2) is 23.2 Å². The van der Waals surface area contributed by atoms with Crippen LogP contribution in [0.25, 0.3) is 0 Å². The number of halogens is 3. The van der Waals surface area contributed by atoms with Crippen molar-refractivity contribution in [1.29, 1.82) is 0 Å². The molecule has 0 amide bonds. The van der Waals surface area contributed by atoms with Gasteiger partial charge in [0, 0.05) is 16.2 Å². The van der Waals surface area contributed by atoms with Gasteiger partial charge in [0.1, 0.15) is 12.4 Å². The number of hydrazone groups is 1. The summed E-state index contributed by atoms with van der Waals surface area (Å²) in [6.45, 7) is 0.457. The molecule has 28 heavy (non-hydrogen) atoms. The van der Waals surface area contributed by atoms with E-state index in [0.29, 0.717) is 6.61 Å². The minimum absolute atomic E-state index is 0.100. The van der Waals surface area contributed by atoms with Gasteiger partial charge in [0.25, 0.3) is 0 Å². The molecule has 1 heterocycles. The second-order valence-electron chi connectivity index (χ2n) is 5.59. The van der Waals surface area contributed by atoms with E-state index in [2.05, 4.69) is 71.0 Å².